The van der Waals surface area contributed by atoms with Gasteiger partial charge in [-0.05, 0) is 120 Å². The number of phenols is 2. The van der Waals surface area contributed by atoms with Crippen LogP contribution in [0.1, 0.15) is 182 Å². The predicted molar refractivity (Wildman–Crippen MR) is 389 cm³/mol. The third-order valence-corrected chi connectivity index (χ3v) is 18.9. The lowest BCUT2D eigenvalue weighted by molar-refractivity contribution is 0.290. The van der Waals surface area contributed by atoms with Crippen LogP contribution in [0.2, 0.25) is 0 Å². The Bertz CT molecular complexity index is 3720. The van der Waals surface area contributed by atoms with E-state index in [2.05, 4.69) is 190 Å². The van der Waals surface area contributed by atoms with Gasteiger partial charge in [-0.2, -0.15) is 0 Å². The maximum atomic E-state index is 10.2. The minimum absolute atomic E-state index is 0.0120. The highest BCUT2D eigenvalue weighted by Gasteiger charge is 2.23. The molecule has 87 heavy (non-hydrogen) atoms. The monoisotopic (exact) mass is 1490 g/mol. The minimum Gasteiger partial charge on any atom is -0.508 e. The Balaban J connectivity index is 0.000000224. The smallest absolute Gasteiger partial charge is 0.144 e. The summed E-state index contributed by atoms with van der Waals surface area (Å²) in [7, 11) is 0. The van der Waals surface area contributed by atoms with Crippen molar-refractivity contribution in [2.24, 2.45) is 0 Å². The van der Waals surface area contributed by atoms with Crippen LogP contribution in [0.25, 0.3) is 87.9 Å². The number of aromatic hydroxyl groups is 2. The second-order valence-corrected chi connectivity index (χ2v) is 27.6. The van der Waals surface area contributed by atoms with Gasteiger partial charge in [0.05, 0.1) is 46.4 Å². The van der Waals surface area contributed by atoms with Crippen molar-refractivity contribution >= 4 is 145 Å². The molecule has 0 fully saturated rings. The van der Waals surface area contributed by atoms with Crippen LogP contribution in [0.4, 0.5) is 0 Å². The van der Waals surface area contributed by atoms with Crippen LogP contribution in [0.5, 0.6) is 23.0 Å². The highest BCUT2D eigenvalue weighted by atomic mass is 79.9. The largest absolute Gasteiger partial charge is 0.508 e. The summed E-state index contributed by atoms with van der Waals surface area (Å²) in [5.74, 6) is 3.30. The van der Waals surface area contributed by atoms with E-state index in [1.807, 2.05) is 18.2 Å². The Morgan fingerprint density at radius 3 is 1.44 bits per heavy atom. The number of imidazole rings is 2. The van der Waals surface area contributed by atoms with Crippen LogP contribution in [-0.2, 0) is 6.54 Å². The zero-order valence-electron chi connectivity index (χ0n) is 51.6. The number of nitrogens with one attached hydrogen (secondary N) is 1. The molecule has 0 amide bonds. The molecule has 8 aromatic carbocycles. The first kappa shape index (κ1) is 68.3. The predicted octanol–water partition coefficient (Wildman–Crippen LogP) is 25.6. The highest BCUT2D eigenvalue weighted by Crippen LogP contribution is 2.43. The van der Waals surface area contributed by atoms with Gasteiger partial charge in [-0.15, -0.1) is 0 Å². The second-order valence-electron chi connectivity index (χ2n) is 23.2. The zero-order chi connectivity index (χ0) is 61.5. The van der Waals surface area contributed by atoms with Gasteiger partial charge >= 0.3 is 0 Å². The van der Waals surface area contributed by atoms with Crippen molar-refractivity contribution in [2.75, 3.05) is 18.5 Å². The highest BCUT2D eigenvalue weighted by molar-refractivity contribution is 9.11. The number of aromatic amines is 1. The Labute approximate surface area is 559 Å². The fourth-order valence-corrected chi connectivity index (χ4v) is 13.5. The molecule has 2 heterocycles. The number of fused-ring (bicyclic) bond motifs is 12. The van der Waals surface area contributed by atoms with Gasteiger partial charge in [-0.1, -0.05) is 260 Å². The Morgan fingerprint density at radius 1 is 0.425 bits per heavy atom. The number of nitrogens with zero attached hydrogens (tertiary/aromatic N) is 3. The molecule has 0 saturated carbocycles. The molecule has 3 N–H and O–H groups in total. The molecule has 0 radical (unpaired) electrons. The maximum absolute atomic E-state index is 10.2. The van der Waals surface area contributed by atoms with Crippen molar-refractivity contribution in [3.63, 3.8) is 0 Å². The van der Waals surface area contributed by atoms with E-state index in [1.54, 1.807) is 6.07 Å². The number of unbranched alkanes of at least 4 members (excludes halogenated alkanes) is 20. The Hall–Kier alpha value is -4.66. The average Bonchev–Trinajstić information content (AvgIpc) is 1.73. The lowest BCUT2D eigenvalue weighted by atomic mass is 10.00. The Kier molecular flexibility index (Phi) is 28.0. The molecular formula is C74H89Br5N4O4. The van der Waals surface area contributed by atoms with Gasteiger partial charge < -0.3 is 29.2 Å². The standard InChI is InChI=1S/C45H60Br2N2O2.C21H12Br2N2O2.C8H17Br/c1-4-7-10-13-16-19-28-49-44-38-26-23-35(47)32-41(38)40-31-34(46)22-25-37(40)43(44)48-45(49)39-27-24-36(50-29-20-17-14-11-8-5-2)33-42(39)51-30-21-18-15-12-9-6-3;22-10-1-4-13-16(7-10)17-8-11(23)2-5-14(17)20-19(13)24-21(25-20)15-6-3-12(26)9-18(15)27;1-2-3-4-5-6-7-8-9/h22-27,31-33H,4-21,28-30H2,1-3H3;1-9,26-27H,(H,24,25);2-8H2,1H3. The summed E-state index contributed by atoms with van der Waals surface area (Å²) in [6.07, 6.45) is 30.8. The number of ether oxygens (including phenoxy) is 2. The quantitative estimate of drug-likeness (QED) is 0.0227. The summed E-state index contributed by atoms with van der Waals surface area (Å²) in [5.41, 5.74) is 5.61. The fourth-order valence-electron chi connectivity index (χ4n) is 11.7. The third kappa shape index (κ3) is 18.7. The first-order valence-corrected chi connectivity index (χ1v) is 36.7. The third-order valence-electron chi connectivity index (χ3n) is 16.4. The lowest BCUT2D eigenvalue weighted by Gasteiger charge is -2.16. The molecule has 0 bridgehead atoms. The van der Waals surface area contributed by atoms with Gasteiger partial charge in [0.1, 0.15) is 34.6 Å². The molecule has 10 rings (SSSR count). The normalized spacial score (nSPS) is 11.5. The van der Waals surface area contributed by atoms with E-state index in [0.29, 0.717) is 18.0 Å². The van der Waals surface area contributed by atoms with E-state index >= 15 is 0 Å². The van der Waals surface area contributed by atoms with E-state index in [1.165, 1.54) is 179 Å². The Morgan fingerprint density at radius 2 is 0.885 bits per heavy atom. The molecule has 8 nitrogen and oxygen atoms in total. The number of halogens is 5. The average molecular weight is 1500 g/mol. The summed E-state index contributed by atoms with van der Waals surface area (Å²) in [6.45, 7) is 11.4. The van der Waals surface area contributed by atoms with Gasteiger partial charge in [0.2, 0.25) is 0 Å². The van der Waals surface area contributed by atoms with E-state index in [0.717, 1.165) is 111 Å². The number of phenolic OH excluding ortho intramolecular Hbond substituents is 2. The van der Waals surface area contributed by atoms with Crippen LogP contribution in [0, 0.1) is 0 Å². The molecule has 10 aromatic rings. The zero-order valence-corrected chi connectivity index (χ0v) is 59.6. The molecule has 0 aliphatic carbocycles. The van der Waals surface area contributed by atoms with Crippen LogP contribution in [0.15, 0.2) is 127 Å². The van der Waals surface area contributed by atoms with Crippen molar-refractivity contribution in [2.45, 2.75) is 188 Å². The number of hydrogen-bond acceptors (Lipinski definition) is 6. The van der Waals surface area contributed by atoms with E-state index in [4.69, 9.17) is 19.4 Å². The van der Waals surface area contributed by atoms with Crippen LogP contribution in [0.3, 0.4) is 0 Å². The molecule has 2 aromatic heterocycles. The van der Waals surface area contributed by atoms with Gasteiger partial charge in [0.15, 0.2) is 0 Å². The van der Waals surface area contributed by atoms with Crippen molar-refractivity contribution in [1.82, 2.24) is 19.5 Å². The van der Waals surface area contributed by atoms with Gasteiger partial charge in [-0.3, -0.25) is 0 Å². The molecule has 0 atom stereocenters. The number of H-pyrrole nitrogens is 1. The SMILES string of the molecule is CCCCCCCCBr.CCCCCCCCOc1ccc(-c2nc3c4ccc(Br)cc4c4cc(Br)ccc4c3n2CCCCCCCC)c(OCCCCCCCC)c1.Oc1ccc(-c2nc3c4ccc(Br)cc4c4cc(Br)ccc4c3[nH]2)c(O)c1. The molecule has 0 aliphatic heterocycles. The van der Waals surface area contributed by atoms with Gasteiger partial charge in [0.25, 0.3) is 0 Å². The van der Waals surface area contributed by atoms with E-state index in [9.17, 15) is 10.2 Å². The number of hydrogen-bond donors (Lipinski definition) is 3. The summed E-state index contributed by atoms with van der Waals surface area (Å²) in [4.78, 5) is 13.7. The van der Waals surface area contributed by atoms with E-state index in [-0.39, 0.29) is 11.5 Å². The molecule has 0 aliphatic rings. The summed E-state index contributed by atoms with van der Waals surface area (Å²) in [5, 5.41) is 30.1. The number of aromatic nitrogens is 4. The molecule has 0 spiro atoms. The second kappa shape index (κ2) is 35.7. The van der Waals surface area contributed by atoms with E-state index < -0.39 is 0 Å². The molecule has 0 saturated heterocycles. The minimum atomic E-state index is -0.0202. The van der Waals surface area contributed by atoms with Crippen molar-refractivity contribution in [1.29, 1.82) is 0 Å². The lowest BCUT2D eigenvalue weighted by Crippen LogP contribution is -2.05. The van der Waals surface area contributed by atoms with Crippen LogP contribution >= 0.6 is 79.6 Å². The topological polar surface area (TPSA) is 105 Å². The van der Waals surface area contributed by atoms with Crippen molar-refractivity contribution < 1.29 is 19.7 Å². The summed E-state index contributed by atoms with van der Waals surface area (Å²) < 4.78 is 19.7. The first-order chi connectivity index (χ1) is 42.5. The molecule has 464 valence electrons. The van der Waals surface area contributed by atoms with Gasteiger partial charge in [0, 0.05) is 63.4 Å². The summed E-state index contributed by atoms with van der Waals surface area (Å²) >= 11 is 18.1. The summed E-state index contributed by atoms with van der Waals surface area (Å²) in [6, 6.07) is 36.5. The number of benzene rings is 8. The van der Waals surface area contributed by atoms with Gasteiger partial charge in [-0.25, -0.2) is 9.97 Å². The maximum Gasteiger partial charge on any atom is 0.144 e. The number of alkyl halides is 1. The fraction of sp³-hybridized carbons (Fsp3) is 0.432. The van der Waals surface area contributed by atoms with Crippen LogP contribution < -0.4 is 9.47 Å². The molecule has 0 unspecified atom stereocenters. The molecular weight excluding hydrogens is 1410 g/mol. The first-order valence-electron chi connectivity index (χ1n) is 32.4. The van der Waals surface area contributed by atoms with Crippen molar-refractivity contribution in [3.8, 4) is 45.8 Å². The molecule has 13 heteroatoms. The van der Waals surface area contributed by atoms with Crippen LogP contribution in [-0.4, -0.2) is 48.3 Å². The number of rotatable bonds is 31. The number of aryl methyl sites for hydroxylation is 1. The van der Waals surface area contributed by atoms with Crippen molar-refractivity contribution in [3.05, 3.63) is 127 Å².